The number of amides is 1. The summed E-state index contributed by atoms with van der Waals surface area (Å²) in [6, 6.07) is 5.87. The monoisotopic (exact) mass is 323 g/mol. The molecule has 1 fully saturated rings. The van der Waals surface area contributed by atoms with Crippen molar-refractivity contribution in [2.45, 2.75) is 34.1 Å². The number of carbonyl (C=O) groups excluding carboxylic acids is 1. The van der Waals surface area contributed by atoms with Gasteiger partial charge in [0.25, 0.3) is 5.91 Å². The summed E-state index contributed by atoms with van der Waals surface area (Å²) in [5, 5.41) is 0. The van der Waals surface area contributed by atoms with E-state index in [1.165, 1.54) is 0 Å². The van der Waals surface area contributed by atoms with E-state index in [-0.39, 0.29) is 11.3 Å². The third-order valence-electron chi connectivity index (χ3n) is 4.12. The van der Waals surface area contributed by atoms with Gasteiger partial charge in [-0.3, -0.25) is 4.79 Å². The molecule has 1 aliphatic heterocycles. The Morgan fingerprint density at radius 1 is 1.37 bits per heavy atom. The van der Waals surface area contributed by atoms with Gasteiger partial charge in [-0.15, -0.1) is 0 Å². The molecule has 104 valence electrons. The van der Waals surface area contributed by atoms with Gasteiger partial charge in [0.15, 0.2) is 0 Å². The summed E-state index contributed by atoms with van der Waals surface area (Å²) in [7, 11) is 0. The molecular formula is C16H22BrNO. The van der Waals surface area contributed by atoms with Crippen LogP contribution in [0.4, 0.5) is 0 Å². The summed E-state index contributed by atoms with van der Waals surface area (Å²) in [6.45, 7) is 10.5. The molecule has 0 saturated carbocycles. The number of likely N-dealkylation sites (tertiary alicyclic amines) is 1. The second-order valence-electron chi connectivity index (χ2n) is 6.54. The number of hydrogen-bond acceptors (Lipinski definition) is 1. The molecule has 0 aromatic heterocycles. The maximum atomic E-state index is 12.6. The lowest BCUT2D eigenvalue weighted by Crippen LogP contribution is -2.31. The van der Waals surface area contributed by atoms with Gasteiger partial charge in [0.2, 0.25) is 0 Å². The van der Waals surface area contributed by atoms with Crippen molar-refractivity contribution in [1.29, 1.82) is 0 Å². The van der Waals surface area contributed by atoms with Gasteiger partial charge in [-0.2, -0.15) is 0 Å². The van der Waals surface area contributed by atoms with Crippen molar-refractivity contribution in [1.82, 2.24) is 4.90 Å². The molecule has 2 rings (SSSR count). The summed E-state index contributed by atoms with van der Waals surface area (Å²) in [6.07, 6.45) is 1.11. The Labute approximate surface area is 124 Å². The second kappa shape index (κ2) is 5.28. The highest BCUT2D eigenvalue weighted by Crippen LogP contribution is 2.34. The summed E-state index contributed by atoms with van der Waals surface area (Å²) in [5.74, 6) is 0.752. The minimum atomic E-state index is 0.155. The Balaban J connectivity index is 2.16. The number of hydrogen-bond donors (Lipinski definition) is 0. The van der Waals surface area contributed by atoms with E-state index in [4.69, 9.17) is 0 Å². The molecule has 1 amide bonds. The second-order valence-corrected chi connectivity index (χ2v) is 7.33. The van der Waals surface area contributed by atoms with Crippen molar-refractivity contribution in [2.75, 3.05) is 13.1 Å². The number of aryl methyl sites for hydroxylation is 1. The lowest BCUT2D eigenvalue weighted by Gasteiger charge is -2.27. The lowest BCUT2D eigenvalue weighted by atomic mass is 9.80. The largest absolute Gasteiger partial charge is 0.338 e. The third-order valence-corrected chi connectivity index (χ3v) is 5.18. The molecule has 0 bridgehead atoms. The fourth-order valence-electron chi connectivity index (χ4n) is 2.63. The van der Waals surface area contributed by atoms with Crippen molar-refractivity contribution in [2.24, 2.45) is 11.3 Å². The fraction of sp³-hybridized carbons (Fsp3) is 0.562. The van der Waals surface area contributed by atoms with Crippen LogP contribution in [0.3, 0.4) is 0 Å². The highest BCUT2D eigenvalue weighted by molar-refractivity contribution is 9.10. The smallest absolute Gasteiger partial charge is 0.255 e. The summed E-state index contributed by atoms with van der Waals surface area (Å²) in [4.78, 5) is 14.6. The van der Waals surface area contributed by atoms with Crippen molar-refractivity contribution < 1.29 is 4.79 Å². The number of halogens is 1. The maximum Gasteiger partial charge on any atom is 0.255 e. The van der Waals surface area contributed by atoms with Crippen LogP contribution in [0.2, 0.25) is 0 Å². The van der Waals surface area contributed by atoms with Crippen LogP contribution in [0.15, 0.2) is 22.7 Å². The normalized spacial score (nSPS) is 19.8. The van der Waals surface area contributed by atoms with Crippen LogP contribution in [0.25, 0.3) is 0 Å². The molecule has 0 N–H and O–H groups in total. The minimum absolute atomic E-state index is 0.155. The van der Waals surface area contributed by atoms with Gasteiger partial charge >= 0.3 is 0 Å². The van der Waals surface area contributed by atoms with Crippen LogP contribution in [-0.2, 0) is 0 Å². The van der Waals surface area contributed by atoms with Crippen molar-refractivity contribution in [3.8, 4) is 0 Å². The molecule has 0 spiro atoms. The van der Waals surface area contributed by atoms with Crippen LogP contribution in [0.1, 0.15) is 43.1 Å². The number of rotatable bonds is 1. The molecule has 2 nitrogen and oxygen atoms in total. The van der Waals surface area contributed by atoms with E-state index in [9.17, 15) is 4.79 Å². The first-order chi connectivity index (χ1) is 8.80. The molecule has 1 aromatic rings. The zero-order chi connectivity index (χ0) is 14.2. The molecule has 1 unspecified atom stereocenters. The third kappa shape index (κ3) is 3.02. The summed E-state index contributed by atoms with van der Waals surface area (Å²) in [5.41, 5.74) is 2.17. The quantitative estimate of drug-likeness (QED) is 0.756. The van der Waals surface area contributed by atoms with Crippen molar-refractivity contribution in [3.05, 3.63) is 33.8 Å². The van der Waals surface area contributed by atoms with E-state index in [0.29, 0.717) is 5.92 Å². The Kier molecular flexibility index (Phi) is 4.05. The van der Waals surface area contributed by atoms with E-state index in [0.717, 1.165) is 35.1 Å². The van der Waals surface area contributed by atoms with E-state index < -0.39 is 0 Å². The molecule has 1 atom stereocenters. The number of carbonyl (C=O) groups is 1. The van der Waals surface area contributed by atoms with Crippen molar-refractivity contribution >= 4 is 21.8 Å². The Morgan fingerprint density at radius 3 is 2.63 bits per heavy atom. The molecule has 19 heavy (non-hydrogen) atoms. The molecular weight excluding hydrogens is 302 g/mol. The molecule has 1 heterocycles. The molecule has 1 aromatic carbocycles. The topological polar surface area (TPSA) is 20.3 Å². The van der Waals surface area contributed by atoms with Gasteiger partial charge in [-0.25, -0.2) is 0 Å². The Hall–Kier alpha value is -0.830. The molecule has 3 heteroatoms. The van der Waals surface area contributed by atoms with Gasteiger partial charge in [0.1, 0.15) is 0 Å². The van der Waals surface area contributed by atoms with E-state index in [1.807, 2.05) is 30.0 Å². The van der Waals surface area contributed by atoms with Gasteiger partial charge in [-0.05, 0) is 52.2 Å². The fourth-order valence-corrected chi connectivity index (χ4v) is 3.07. The average molecular weight is 324 g/mol. The first-order valence-electron chi connectivity index (χ1n) is 6.85. The summed E-state index contributed by atoms with van der Waals surface area (Å²) < 4.78 is 0.930. The molecule has 0 aliphatic carbocycles. The van der Waals surface area contributed by atoms with E-state index in [1.54, 1.807) is 0 Å². The lowest BCUT2D eigenvalue weighted by molar-refractivity contribution is 0.0775. The van der Waals surface area contributed by atoms with Crippen LogP contribution in [0, 0.1) is 18.3 Å². The first-order valence-corrected chi connectivity index (χ1v) is 7.64. The Bertz CT molecular complexity index is 490. The highest BCUT2D eigenvalue weighted by atomic mass is 79.9. The van der Waals surface area contributed by atoms with Crippen LogP contribution >= 0.6 is 15.9 Å². The summed E-state index contributed by atoms with van der Waals surface area (Å²) >= 11 is 3.53. The van der Waals surface area contributed by atoms with Gasteiger partial charge < -0.3 is 4.90 Å². The predicted octanol–water partition coefficient (Wildman–Crippen LogP) is 4.27. The van der Waals surface area contributed by atoms with Gasteiger partial charge in [0.05, 0.1) is 5.56 Å². The van der Waals surface area contributed by atoms with E-state index in [2.05, 4.69) is 36.7 Å². The zero-order valence-corrected chi connectivity index (χ0v) is 13.8. The first kappa shape index (κ1) is 14.6. The van der Waals surface area contributed by atoms with Crippen LogP contribution in [0.5, 0.6) is 0 Å². The predicted molar refractivity (Wildman–Crippen MR) is 82.3 cm³/mol. The molecule has 0 radical (unpaired) electrons. The minimum Gasteiger partial charge on any atom is -0.338 e. The standard InChI is InChI=1S/C16H22BrNO/c1-11-6-5-7-13(14(11)17)15(19)18-9-8-12(10-18)16(2,3)4/h5-7,12H,8-10H2,1-4H3. The highest BCUT2D eigenvalue weighted by Gasteiger charge is 2.34. The van der Waals surface area contributed by atoms with E-state index >= 15 is 0 Å². The number of nitrogens with zero attached hydrogens (tertiary/aromatic N) is 1. The van der Waals surface area contributed by atoms with Gasteiger partial charge in [0, 0.05) is 17.6 Å². The average Bonchev–Trinajstić information content (AvgIpc) is 2.81. The van der Waals surface area contributed by atoms with Crippen LogP contribution in [-0.4, -0.2) is 23.9 Å². The van der Waals surface area contributed by atoms with Crippen molar-refractivity contribution in [3.63, 3.8) is 0 Å². The zero-order valence-electron chi connectivity index (χ0n) is 12.2. The van der Waals surface area contributed by atoms with Gasteiger partial charge in [-0.1, -0.05) is 32.9 Å². The Morgan fingerprint density at radius 2 is 2.05 bits per heavy atom. The maximum absolute atomic E-state index is 12.6. The number of benzene rings is 1. The van der Waals surface area contributed by atoms with Crippen LogP contribution < -0.4 is 0 Å². The molecule has 1 saturated heterocycles. The SMILES string of the molecule is Cc1cccc(C(=O)N2CCC(C(C)(C)C)C2)c1Br. The molecule has 1 aliphatic rings.